The summed E-state index contributed by atoms with van der Waals surface area (Å²) in [6.07, 6.45) is 1.46. The standard InChI is InChI=1S/C12H21N5O2/c1-5-14-11-10(19-4)12(16-8-15-11)17(6-2)7-9(18)13-3/h8H,5-7H2,1-4H3,(H,13,18)(H,14,15,16). The molecule has 0 aliphatic heterocycles. The molecule has 0 atom stereocenters. The lowest BCUT2D eigenvalue weighted by Crippen LogP contribution is -2.36. The summed E-state index contributed by atoms with van der Waals surface area (Å²) in [5.41, 5.74) is 0. The number of anilines is 2. The predicted molar refractivity (Wildman–Crippen MR) is 74.7 cm³/mol. The van der Waals surface area contributed by atoms with Crippen LogP contribution in [0.2, 0.25) is 0 Å². The fourth-order valence-electron chi connectivity index (χ4n) is 1.66. The first-order valence-electron chi connectivity index (χ1n) is 6.26. The van der Waals surface area contributed by atoms with Gasteiger partial charge in [0.1, 0.15) is 6.33 Å². The normalized spacial score (nSPS) is 9.89. The summed E-state index contributed by atoms with van der Waals surface area (Å²) in [5.74, 6) is 1.72. The van der Waals surface area contributed by atoms with Crippen LogP contribution in [-0.4, -0.2) is 49.7 Å². The minimum absolute atomic E-state index is 0.0764. The molecule has 0 aromatic carbocycles. The highest BCUT2D eigenvalue weighted by molar-refractivity contribution is 5.81. The Bertz CT molecular complexity index is 425. The second-order valence-electron chi connectivity index (χ2n) is 3.80. The van der Waals surface area contributed by atoms with Crippen LogP contribution in [-0.2, 0) is 4.79 Å². The van der Waals surface area contributed by atoms with Crippen LogP contribution in [0, 0.1) is 0 Å². The number of nitrogens with one attached hydrogen (secondary N) is 2. The molecule has 1 rings (SSSR count). The van der Waals surface area contributed by atoms with Crippen LogP contribution in [0.3, 0.4) is 0 Å². The van der Waals surface area contributed by atoms with E-state index in [-0.39, 0.29) is 12.5 Å². The van der Waals surface area contributed by atoms with Crippen molar-refractivity contribution in [3.8, 4) is 5.75 Å². The Morgan fingerprint density at radius 2 is 2.16 bits per heavy atom. The van der Waals surface area contributed by atoms with Gasteiger partial charge in [-0.15, -0.1) is 0 Å². The lowest BCUT2D eigenvalue weighted by molar-refractivity contribution is -0.119. The molecule has 0 aliphatic carbocycles. The lowest BCUT2D eigenvalue weighted by Gasteiger charge is -2.23. The molecule has 0 saturated heterocycles. The van der Waals surface area contributed by atoms with E-state index in [0.717, 1.165) is 6.54 Å². The quantitative estimate of drug-likeness (QED) is 0.748. The van der Waals surface area contributed by atoms with Gasteiger partial charge in [0.05, 0.1) is 13.7 Å². The summed E-state index contributed by atoms with van der Waals surface area (Å²) in [4.78, 5) is 21.7. The Labute approximate surface area is 113 Å². The number of carbonyl (C=O) groups is 1. The number of rotatable bonds is 7. The molecule has 1 amide bonds. The summed E-state index contributed by atoms with van der Waals surface area (Å²) in [5, 5.41) is 5.71. The van der Waals surface area contributed by atoms with Gasteiger partial charge in [-0.3, -0.25) is 4.79 Å². The van der Waals surface area contributed by atoms with E-state index in [9.17, 15) is 4.79 Å². The maximum absolute atomic E-state index is 11.5. The van der Waals surface area contributed by atoms with Crippen LogP contribution >= 0.6 is 0 Å². The van der Waals surface area contributed by atoms with Gasteiger partial charge >= 0.3 is 0 Å². The number of carbonyl (C=O) groups excluding carboxylic acids is 1. The minimum Gasteiger partial charge on any atom is -0.490 e. The van der Waals surface area contributed by atoms with Crippen molar-refractivity contribution in [3.63, 3.8) is 0 Å². The van der Waals surface area contributed by atoms with Crippen molar-refractivity contribution >= 4 is 17.5 Å². The zero-order chi connectivity index (χ0) is 14.3. The van der Waals surface area contributed by atoms with Crippen molar-refractivity contribution in [2.24, 2.45) is 0 Å². The largest absolute Gasteiger partial charge is 0.490 e. The number of hydrogen-bond donors (Lipinski definition) is 2. The van der Waals surface area contributed by atoms with Crippen molar-refractivity contribution in [1.82, 2.24) is 15.3 Å². The highest BCUT2D eigenvalue weighted by Gasteiger charge is 2.18. The van der Waals surface area contributed by atoms with Gasteiger partial charge in [0.25, 0.3) is 0 Å². The van der Waals surface area contributed by atoms with E-state index in [4.69, 9.17) is 4.74 Å². The number of methoxy groups -OCH3 is 1. The first-order chi connectivity index (χ1) is 9.17. The molecule has 106 valence electrons. The van der Waals surface area contributed by atoms with Gasteiger partial charge < -0.3 is 20.3 Å². The predicted octanol–water partition coefficient (Wildman–Crippen LogP) is 0.489. The summed E-state index contributed by atoms with van der Waals surface area (Å²) in [7, 11) is 3.17. The van der Waals surface area contributed by atoms with Crippen molar-refractivity contribution in [1.29, 1.82) is 0 Å². The number of aromatic nitrogens is 2. The SMILES string of the molecule is CCNc1ncnc(N(CC)CC(=O)NC)c1OC. The van der Waals surface area contributed by atoms with E-state index < -0.39 is 0 Å². The molecule has 1 aromatic heterocycles. The minimum atomic E-state index is -0.0764. The molecule has 0 aliphatic rings. The fraction of sp³-hybridized carbons (Fsp3) is 0.583. The van der Waals surface area contributed by atoms with Crippen LogP contribution in [0.1, 0.15) is 13.8 Å². The summed E-state index contributed by atoms with van der Waals surface area (Å²) < 4.78 is 5.37. The smallest absolute Gasteiger partial charge is 0.239 e. The van der Waals surface area contributed by atoms with E-state index in [1.54, 1.807) is 14.2 Å². The van der Waals surface area contributed by atoms with Gasteiger partial charge in [-0.2, -0.15) is 0 Å². The molecule has 0 saturated carbocycles. The number of amides is 1. The third-order valence-electron chi connectivity index (χ3n) is 2.63. The number of hydrogen-bond acceptors (Lipinski definition) is 6. The van der Waals surface area contributed by atoms with E-state index >= 15 is 0 Å². The van der Waals surface area contributed by atoms with Crippen LogP contribution in [0.4, 0.5) is 11.6 Å². The number of nitrogens with zero attached hydrogens (tertiary/aromatic N) is 3. The third-order valence-corrected chi connectivity index (χ3v) is 2.63. The Kier molecular flexibility index (Phi) is 5.84. The van der Waals surface area contributed by atoms with Crippen LogP contribution in [0.15, 0.2) is 6.33 Å². The lowest BCUT2D eigenvalue weighted by atomic mass is 10.3. The molecular weight excluding hydrogens is 246 g/mol. The van der Waals surface area contributed by atoms with E-state index in [1.807, 2.05) is 18.7 Å². The van der Waals surface area contributed by atoms with E-state index in [0.29, 0.717) is 23.9 Å². The molecule has 7 nitrogen and oxygen atoms in total. The number of ether oxygens (including phenoxy) is 1. The first-order valence-corrected chi connectivity index (χ1v) is 6.26. The van der Waals surface area contributed by atoms with Crippen LogP contribution < -0.4 is 20.3 Å². The maximum atomic E-state index is 11.5. The van der Waals surface area contributed by atoms with Crippen molar-refractivity contribution in [3.05, 3.63) is 6.33 Å². The van der Waals surface area contributed by atoms with Gasteiger partial charge in [-0.05, 0) is 13.8 Å². The summed E-state index contributed by atoms with van der Waals surface area (Å²) in [6, 6.07) is 0. The molecule has 7 heteroatoms. The second-order valence-corrected chi connectivity index (χ2v) is 3.80. The Hall–Kier alpha value is -2.05. The molecule has 2 N–H and O–H groups in total. The van der Waals surface area contributed by atoms with E-state index in [1.165, 1.54) is 6.33 Å². The summed E-state index contributed by atoms with van der Waals surface area (Å²) >= 11 is 0. The molecule has 1 aromatic rings. The average molecular weight is 267 g/mol. The Morgan fingerprint density at radius 1 is 1.42 bits per heavy atom. The molecule has 0 bridgehead atoms. The first kappa shape index (κ1) is 15.0. The number of likely N-dealkylation sites (N-methyl/N-ethyl adjacent to an activating group) is 2. The maximum Gasteiger partial charge on any atom is 0.239 e. The van der Waals surface area contributed by atoms with Crippen LogP contribution in [0.5, 0.6) is 5.75 Å². The van der Waals surface area contributed by atoms with Gasteiger partial charge in [0.15, 0.2) is 11.6 Å². The Morgan fingerprint density at radius 3 is 2.68 bits per heavy atom. The molecule has 0 spiro atoms. The van der Waals surface area contributed by atoms with Crippen molar-refractivity contribution in [2.45, 2.75) is 13.8 Å². The zero-order valence-corrected chi connectivity index (χ0v) is 11.9. The van der Waals surface area contributed by atoms with Gasteiger partial charge in [-0.1, -0.05) is 0 Å². The third kappa shape index (κ3) is 3.70. The van der Waals surface area contributed by atoms with Crippen LogP contribution in [0.25, 0.3) is 0 Å². The summed E-state index contributed by atoms with van der Waals surface area (Å²) in [6.45, 7) is 5.54. The topological polar surface area (TPSA) is 79.4 Å². The molecule has 0 radical (unpaired) electrons. The monoisotopic (exact) mass is 267 g/mol. The highest BCUT2D eigenvalue weighted by Crippen LogP contribution is 2.31. The molecular formula is C12H21N5O2. The van der Waals surface area contributed by atoms with Gasteiger partial charge in [-0.25, -0.2) is 9.97 Å². The Balaban J connectivity index is 3.08. The second kappa shape index (κ2) is 7.40. The van der Waals surface area contributed by atoms with Crippen molar-refractivity contribution < 1.29 is 9.53 Å². The fourth-order valence-corrected chi connectivity index (χ4v) is 1.66. The van der Waals surface area contributed by atoms with E-state index in [2.05, 4.69) is 20.6 Å². The highest BCUT2D eigenvalue weighted by atomic mass is 16.5. The molecule has 0 fully saturated rings. The van der Waals surface area contributed by atoms with Gasteiger partial charge in [0.2, 0.25) is 11.7 Å². The van der Waals surface area contributed by atoms with Crippen molar-refractivity contribution in [2.75, 3.05) is 44.0 Å². The average Bonchev–Trinajstić information content (AvgIpc) is 2.44. The van der Waals surface area contributed by atoms with Gasteiger partial charge in [0, 0.05) is 20.1 Å². The molecule has 1 heterocycles. The molecule has 19 heavy (non-hydrogen) atoms. The zero-order valence-electron chi connectivity index (χ0n) is 11.9. The molecule has 0 unspecified atom stereocenters.